The number of rotatable bonds is 5. The van der Waals surface area contributed by atoms with Gasteiger partial charge in [-0.05, 0) is 25.5 Å². The fourth-order valence-corrected chi connectivity index (χ4v) is 3.24. The van der Waals surface area contributed by atoms with Gasteiger partial charge in [0.2, 0.25) is 0 Å². The lowest BCUT2D eigenvalue weighted by molar-refractivity contribution is -0.422. The van der Waals surface area contributed by atoms with Gasteiger partial charge in [0.15, 0.2) is 0 Å². The Morgan fingerprint density at radius 3 is 2.57 bits per heavy atom. The minimum Gasteiger partial charge on any atom is -0.472 e. The maximum Gasteiger partial charge on any atom is 0.344 e. The third-order valence-corrected chi connectivity index (χ3v) is 4.99. The molecule has 0 radical (unpaired) electrons. The van der Waals surface area contributed by atoms with Crippen LogP contribution in [0.15, 0.2) is 50.1 Å². The van der Waals surface area contributed by atoms with Gasteiger partial charge in [0.1, 0.15) is 16.0 Å². The molecule has 1 N–H and O–H groups in total. The second-order valence-electron chi connectivity index (χ2n) is 5.00. The van der Waals surface area contributed by atoms with E-state index in [2.05, 4.69) is 5.32 Å². The molecule has 1 saturated heterocycles. The van der Waals surface area contributed by atoms with Gasteiger partial charge in [-0.1, -0.05) is 59.6 Å². The van der Waals surface area contributed by atoms with Crippen LogP contribution >= 0.6 is 35.0 Å². The topological polar surface area (TPSA) is 64.4 Å². The van der Waals surface area contributed by atoms with Crippen LogP contribution in [0.2, 0.25) is 0 Å². The summed E-state index contributed by atoms with van der Waals surface area (Å²) in [5, 5.41) is 14.5. The lowest BCUT2D eigenvalue weighted by Crippen LogP contribution is -2.23. The van der Waals surface area contributed by atoms with Crippen molar-refractivity contribution in [2.75, 3.05) is 6.61 Å². The molecule has 1 unspecified atom stereocenters. The molecule has 0 amide bonds. The highest BCUT2D eigenvalue weighted by atomic mass is 35.5. The van der Waals surface area contributed by atoms with Gasteiger partial charge in [0.25, 0.3) is 5.88 Å². The largest absolute Gasteiger partial charge is 0.472 e. The van der Waals surface area contributed by atoms with E-state index in [1.165, 1.54) is 0 Å². The molecule has 1 aromatic rings. The van der Waals surface area contributed by atoms with Crippen LogP contribution in [-0.4, -0.2) is 17.6 Å². The van der Waals surface area contributed by atoms with Gasteiger partial charge >= 0.3 is 5.70 Å². The summed E-state index contributed by atoms with van der Waals surface area (Å²) < 4.78 is 5.26. The van der Waals surface area contributed by atoms with E-state index in [1.54, 1.807) is 0 Å². The van der Waals surface area contributed by atoms with Crippen molar-refractivity contribution in [2.24, 2.45) is 0 Å². The maximum absolute atomic E-state index is 11.5. The minimum absolute atomic E-state index is 0.0414. The van der Waals surface area contributed by atoms with E-state index >= 15 is 0 Å². The maximum atomic E-state index is 11.5. The molecule has 0 aliphatic carbocycles. The summed E-state index contributed by atoms with van der Waals surface area (Å²) in [7, 11) is 0. The molecule has 23 heavy (non-hydrogen) atoms. The molecule has 1 fully saturated rings. The highest BCUT2D eigenvalue weighted by Crippen LogP contribution is 2.39. The van der Waals surface area contributed by atoms with E-state index in [1.807, 2.05) is 38.1 Å². The number of halogens is 2. The summed E-state index contributed by atoms with van der Waals surface area (Å²) in [6, 6.07) is 7.59. The van der Waals surface area contributed by atoms with Crippen LogP contribution < -0.4 is 5.32 Å². The van der Waals surface area contributed by atoms with E-state index in [9.17, 15) is 10.1 Å². The molecule has 124 valence electrons. The van der Waals surface area contributed by atoms with Crippen LogP contribution in [-0.2, 0) is 4.74 Å². The summed E-state index contributed by atoms with van der Waals surface area (Å²) in [5.41, 5.74) is 0.850. The van der Waals surface area contributed by atoms with Crippen LogP contribution in [0.1, 0.15) is 18.9 Å². The Morgan fingerprint density at radius 2 is 2.09 bits per heavy atom. The van der Waals surface area contributed by atoms with Gasteiger partial charge < -0.3 is 10.1 Å². The van der Waals surface area contributed by atoms with Crippen molar-refractivity contribution >= 4 is 35.0 Å². The third-order valence-electron chi connectivity index (χ3n) is 3.28. The van der Waals surface area contributed by atoms with Crippen LogP contribution in [0.5, 0.6) is 0 Å². The Kier molecular flexibility index (Phi) is 6.21. The summed E-state index contributed by atoms with van der Waals surface area (Å²) in [5.74, 6) is 0.107. The quantitative estimate of drug-likeness (QED) is 0.464. The fraction of sp³-hybridized carbons (Fsp3) is 0.333. The Labute approximate surface area is 148 Å². The monoisotopic (exact) mass is 374 g/mol. The Morgan fingerprint density at radius 1 is 1.43 bits per heavy atom. The lowest BCUT2D eigenvalue weighted by Gasteiger charge is -2.08. The first-order valence-corrected chi connectivity index (χ1v) is 8.57. The van der Waals surface area contributed by atoms with Crippen LogP contribution in [0.4, 0.5) is 0 Å². The molecule has 0 aromatic heterocycles. The summed E-state index contributed by atoms with van der Waals surface area (Å²) in [4.78, 5) is 12.0. The molecule has 0 saturated carbocycles. The van der Waals surface area contributed by atoms with Crippen molar-refractivity contribution in [2.45, 2.75) is 31.2 Å². The van der Waals surface area contributed by atoms with Gasteiger partial charge in [0.05, 0.1) is 11.0 Å². The third kappa shape index (κ3) is 4.56. The van der Waals surface area contributed by atoms with Crippen molar-refractivity contribution in [3.8, 4) is 0 Å². The van der Waals surface area contributed by atoms with E-state index in [-0.39, 0.29) is 27.0 Å². The number of ether oxygens (including phenoxy) is 1. The first kappa shape index (κ1) is 18.0. The van der Waals surface area contributed by atoms with Crippen molar-refractivity contribution in [3.05, 3.63) is 60.9 Å². The van der Waals surface area contributed by atoms with Gasteiger partial charge in [0, 0.05) is 4.90 Å². The summed E-state index contributed by atoms with van der Waals surface area (Å²) in [6.45, 7) is 4.32. The summed E-state index contributed by atoms with van der Waals surface area (Å²) in [6.07, 6.45) is 0.799. The van der Waals surface area contributed by atoms with E-state index in [0.717, 1.165) is 28.6 Å². The predicted octanol–water partition coefficient (Wildman–Crippen LogP) is 4.58. The van der Waals surface area contributed by atoms with Gasteiger partial charge in [-0.2, -0.15) is 0 Å². The highest BCUT2D eigenvalue weighted by molar-refractivity contribution is 8.03. The number of aryl methyl sites for hydroxylation is 1. The zero-order valence-electron chi connectivity index (χ0n) is 12.6. The van der Waals surface area contributed by atoms with Crippen LogP contribution in [0.3, 0.4) is 0 Å². The smallest absolute Gasteiger partial charge is 0.344 e. The van der Waals surface area contributed by atoms with Crippen molar-refractivity contribution in [1.29, 1.82) is 0 Å². The number of hydrogen-bond donors (Lipinski definition) is 1. The van der Waals surface area contributed by atoms with Crippen molar-refractivity contribution < 1.29 is 9.66 Å². The molecule has 8 heteroatoms. The lowest BCUT2D eigenvalue weighted by atomic mass is 10.2. The van der Waals surface area contributed by atoms with Gasteiger partial charge in [-0.25, -0.2) is 0 Å². The molecular weight excluding hydrogens is 359 g/mol. The Balaban J connectivity index is 2.38. The molecule has 0 bridgehead atoms. The molecule has 0 spiro atoms. The number of nitrogens with zero attached hydrogens (tertiary/aromatic N) is 1. The molecular formula is C15H16Cl2N2O3S. The standard InChI is InChI=1S/C15H16Cl2N2O3S/c1-3-10-8-22-15(18-10)12(19(20)21)13(14(16)17)23-11-6-4-9(2)5-7-11/h4-7,10,18H,3,8H2,1-2H3. The molecule has 5 nitrogen and oxygen atoms in total. The predicted molar refractivity (Wildman–Crippen MR) is 93.0 cm³/mol. The number of nitro groups is 1. The molecule has 1 atom stereocenters. The summed E-state index contributed by atoms with van der Waals surface area (Å²) >= 11 is 13.0. The average Bonchev–Trinajstić information content (AvgIpc) is 2.96. The van der Waals surface area contributed by atoms with Crippen molar-refractivity contribution in [3.63, 3.8) is 0 Å². The SMILES string of the molecule is CCC1COC(=C(C(Sc2ccc(C)cc2)=C(Cl)Cl)[N+](=O)[O-])N1. The zero-order chi connectivity index (χ0) is 17.0. The Bertz CT molecular complexity index is 655. The molecule has 1 aliphatic heterocycles. The van der Waals surface area contributed by atoms with E-state index in [0.29, 0.717) is 6.61 Å². The number of hydrogen-bond acceptors (Lipinski definition) is 5. The number of thioether (sulfide) groups is 1. The highest BCUT2D eigenvalue weighted by Gasteiger charge is 2.33. The molecule has 2 rings (SSSR count). The van der Waals surface area contributed by atoms with Crippen LogP contribution in [0, 0.1) is 17.0 Å². The minimum atomic E-state index is -0.526. The number of nitrogens with one attached hydrogen (secondary N) is 1. The fourth-order valence-electron chi connectivity index (χ4n) is 1.98. The first-order chi connectivity index (χ1) is 10.9. The van der Waals surface area contributed by atoms with Crippen LogP contribution in [0.25, 0.3) is 0 Å². The zero-order valence-corrected chi connectivity index (χ0v) is 15.0. The molecule has 1 aromatic carbocycles. The second-order valence-corrected chi connectivity index (χ2v) is 7.03. The molecule has 1 heterocycles. The van der Waals surface area contributed by atoms with Gasteiger partial charge in [-0.15, -0.1) is 0 Å². The number of benzene rings is 1. The van der Waals surface area contributed by atoms with Crippen molar-refractivity contribution in [1.82, 2.24) is 5.32 Å². The average molecular weight is 375 g/mol. The first-order valence-electron chi connectivity index (χ1n) is 7.00. The molecule has 1 aliphatic rings. The second kappa shape index (κ2) is 7.95. The van der Waals surface area contributed by atoms with E-state index < -0.39 is 4.92 Å². The normalized spacial score (nSPS) is 18.9. The van der Waals surface area contributed by atoms with Gasteiger partial charge in [-0.3, -0.25) is 10.1 Å². The Hall–Kier alpha value is -1.37. The van der Waals surface area contributed by atoms with E-state index in [4.69, 9.17) is 27.9 Å².